The van der Waals surface area contributed by atoms with Crippen molar-refractivity contribution in [2.75, 3.05) is 13.7 Å². The van der Waals surface area contributed by atoms with Gasteiger partial charge in [0.25, 0.3) is 5.91 Å². The second-order valence-corrected chi connectivity index (χ2v) is 7.15. The van der Waals surface area contributed by atoms with Gasteiger partial charge >= 0.3 is 5.97 Å². The lowest BCUT2D eigenvalue weighted by Gasteiger charge is -2.20. The van der Waals surface area contributed by atoms with E-state index in [1.807, 2.05) is 12.1 Å². The van der Waals surface area contributed by atoms with Crippen LogP contribution in [0, 0.1) is 0 Å². The average molecular weight is 414 g/mol. The topological polar surface area (TPSA) is 84.9 Å². The number of rotatable bonds is 12. The van der Waals surface area contributed by atoms with Gasteiger partial charge in [-0.25, -0.2) is 0 Å². The second kappa shape index (κ2) is 12.5. The van der Waals surface area contributed by atoms with E-state index in [9.17, 15) is 14.7 Å². The third-order valence-electron chi connectivity index (χ3n) is 4.82. The van der Waals surface area contributed by atoms with Crippen LogP contribution in [0.25, 0.3) is 0 Å². The Morgan fingerprint density at radius 2 is 1.70 bits per heavy atom. The lowest BCUT2D eigenvalue weighted by atomic mass is 10.0. The van der Waals surface area contributed by atoms with E-state index in [2.05, 4.69) is 17.0 Å². The van der Waals surface area contributed by atoms with Gasteiger partial charge in [0.15, 0.2) is 0 Å². The molecule has 0 aliphatic carbocycles. The molecule has 0 heterocycles. The van der Waals surface area contributed by atoms with Crippen molar-refractivity contribution in [3.8, 4) is 11.5 Å². The highest BCUT2D eigenvalue weighted by Gasteiger charge is 2.15. The maximum atomic E-state index is 12.2. The largest absolute Gasteiger partial charge is 0.508 e. The van der Waals surface area contributed by atoms with Gasteiger partial charge < -0.3 is 19.9 Å². The minimum absolute atomic E-state index is 0.136. The van der Waals surface area contributed by atoms with Crippen molar-refractivity contribution in [2.24, 2.45) is 0 Å². The summed E-state index contributed by atoms with van der Waals surface area (Å²) in [6.45, 7) is 2.41. The number of nitrogens with one attached hydrogen (secondary N) is 1. The van der Waals surface area contributed by atoms with Crippen LogP contribution in [0.1, 0.15) is 67.5 Å². The van der Waals surface area contributed by atoms with Gasteiger partial charge in [-0.2, -0.15) is 0 Å². The summed E-state index contributed by atoms with van der Waals surface area (Å²) in [6.07, 6.45) is 5.42. The van der Waals surface area contributed by atoms with Crippen LogP contribution in [0.5, 0.6) is 11.5 Å². The van der Waals surface area contributed by atoms with Crippen molar-refractivity contribution in [3.63, 3.8) is 0 Å². The van der Waals surface area contributed by atoms with Crippen LogP contribution in [0.4, 0.5) is 0 Å². The third-order valence-corrected chi connectivity index (χ3v) is 4.82. The molecule has 6 heteroatoms. The van der Waals surface area contributed by atoms with Crippen LogP contribution >= 0.6 is 0 Å². The number of phenols is 1. The highest BCUT2D eigenvalue weighted by molar-refractivity contribution is 5.94. The van der Waals surface area contributed by atoms with E-state index < -0.39 is 0 Å². The molecule has 0 spiro atoms. The van der Waals surface area contributed by atoms with Gasteiger partial charge in [0.2, 0.25) is 0 Å². The van der Waals surface area contributed by atoms with E-state index in [-0.39, 0.29) is 36.7 Å². The Bertz CT molecular complexity index is 786. The Hall–Kier alpha value is -3.02. The molecule has 30 heavy (non-hydrogen) atoms. The number of benzene rings is 2. The van der Waals surface area contributed by atoms with Gasteiger partial charge in [0.1, 0.15) is 17.6 Å². The fourth-order valence-corrected chi connectivity index (χ4v) is 3.07. The minimum Gasteiger partial charge on any atom is -0.508 e. The van der Waals surface area contributed by atoms with E-state index in [1.54, 1.807) is 36.4 Å². The Labute approximate surface area is 178 Å². The standard InChI is InChI=1S/C24H31NO5/c1-3-4-5-6-7-22(30-21-14-12-20(26)13-15-21)18-8-10-19(11-9-18)24(28)25-17-16-23(27)29-2/h8-15,22,26H,3-7,16-17H2,1-2H3,(H,25,28). The Morgan fingerprint density at radius 3 is 2.33 bits per heavy atom. The Kier molecular flexibility index (Phi) is 9.71. The predicted octanol–water partition coefficient (Wildman–Crippen LogP) is 4.78. The average Bonchev–Trinajstić information content (AvgIpc) is 2.77. The van der Waals surface area contributed by atoms with E-state index in [0.29, 0.717) is 11.3 Å². The third kappa shape index (κ3) is 7.78. The zero-order chi connectivity index (χ0) is 21.8. The summed E-state index contributed by atoms with van der Waals surface area (Å²) in [5, 5.41) is 12.2. The number of amides is 1. The monoisotopic (exact) mass is 413 g/mol. The van der Waals surface area contributed by atoms with Crippen LogP contribution in [0.2, 0.25) is 0 Å². The van der Waals surface area contributed by atoms with Gasteiger partial charge in [0, 0.05) is 12.1 Å². The summed E-state index contributed by atoms with van der Waals surface area (Å²) in [5.41, 5.74) is 1.52. The Morgan fingerprint density at radius 1 is 1.00 bits per heavy atom. The number of unbranched alkanes of at least 4 members (excludes halogenated alkanes) is 3. The van der Waals surface area contributed by atoms with Crippen LogP contribution in [0.3, 0.4) is 0 Å². The van der Waals surface area contributed by atoms with Crippen molar-refractivity contribution in [1.29, 1.82) is 0 Å². The minimum atomic E-state index is -0.358. The molecule has 162 valence electrons. The molecule has 1 amide bonds. The fraction of sp³-hybridized carbons (Fsp3) is 0.417. The van der Waals surface area contributed by atoms with E-state index in [1.165, 1.54) is 20.0 Å². The van der Waals surface area contributed by atoms with E-state index in [0.717, 1.165) is 24.8 Å². The fourth-order valence-electron chi connectivity index (χ4n) is 3.07. The molecule has 0 bridgehead atoms. The van der Waals surface area contributed by atoms with Crippen LogP contribution in [-0.4, -0.2) is 30.6 Å². The van der Waals surface area contributed by atoms with Gasteiger partial charge in [-0.05, 0) is 54.8 Å². The first-order valence-electron chi connectivity index (χ1n) is 10.4. The summed E-state index contributed by atoms with van der Waals surface area (Å²) >= 11 is 0. The second-order valence-electron chi connectivity index (χ2n) is 7.15. The number of carbonyl (C=O) groups excluding carboxylic acids is 2. The molecule has 1 unspecified atom stereocenters. The van der Waals surface area contributed by atoms with Gasteiger partial charge in [0.05, 0.1) is 13.5 Å². The highest BCUT2D eigenvalue weighted by Crippen LogP contribution is 2.28. The molecule has 0 aromatic heterocycles. The molecule has 0 saturated carbocycles. The number of esters is 1. The first-order valence-corrected chi connectivity index (χ1v) is 10.4. The number of aromatic hydroxyl groups is 1. The molecule has 0 aliphatic heterocycles. The number of hydrogen-bond acceptors (Lipinski definition) is 5. The molecular weight excluding hydrogens is 382 g/mol. The molecule has 0 radical (unpaired) electrons. The number of ether oxygens (including phenoxy) is 2. The zero-order valence-electron chi connectivity index (χ0n) is 17.7. The zero-order valence-corrected chi connectivity index (χ0v) is 17.7. The lowest BCUT2D eigenvalue weighted by molar-refractivity contribution is -0.140. The highest BCUT2D eigenvalue weighted by atomic mass is 16.5. The van der Waals surface area contributed by atoms with Crippen molar-refractivity contribution >= 4 is 11.9 Å². The van der Waals surface area contributed by atoms with Crippen molar-refractivity contribution < 1.29 is 24.2 Å². The number of phenolic OH excluding ortho intramolecular Hbond substituents is 1. The first-order chi connectivity index (χ1) is 14.5. The number of hydrogen-bond donors (Lipinski definition) is 2. The first kappa shape index (κ1) is 23.3. The summed E-state index contributed by atoms with van der Waals surface area (Å²) in [4.78, 5) is 23.4. The molecule has 1 atom stereocenters. The van der Waals surface area contributed by atoms with Crippen LogP contribution in [0.15, 0.2) is 48.5 Å². The predicted molar refractivity (Wildman–Crippen MR) is 116 cm³/mol. The van der Waals surface area contributed by atoms with Crippen molar-refractivity contribution in [3.05, 3.63) is 59.7 Å². The maximum Gasteiger partial charge on any atom is 0.307 e. The summed E-state index contributed by atoms with van der Waals surface area (Å²) < 4.78 is 10.7. The molecule has 6 nitrogen and oxygen atoms in total. The molecule has 2 aromatic carbocycles. The van der Waals surface area contributed by atoms with Gasteiger partial charge in [-0.1, -0.05) is 38.3 Å². The maximum absolute atomic E-state index is 12.2. The van der Waals surface area contributed by atoms with Crippen LogP contribution < -0.4 is 10.1 Å². The van der Waals surface area contributed by atoms with E-state index in [4.69, 9.17) is 4.74 Å². The SMILES string of the molecule is CCCCCCC(Oc1ccc(O)cc1)c1ccc(C(=O)NCCC(=O)OC)cc1. The quantitative estimate of drug-likeness (QED) is 0.387. The van der Waals surface area contributed by atoms with Crippen LogP contribution in [-0.2, 0) is 9.53 Å². The molecule has 2 N–H and O–H groups in total. The molecule has 0 aliphatic rings. The number of carbonyl (C=O) groups is 2. The molecule has 2 rings (SSSR count). The molecular formula is C24H31NO5. The smallest absolute Gasteiger partial charge is 0.307 e. The van der Waals surface area contributed by atoms with Gasteiger partial charge in [-0.3, -0.25) is 9.59 Å². The lowest BCUT2D eigenvalue weighted by Crippen LogP contribution is -2.26. The molecule has 2 aromatic rings. The molecule has 0 fully saturated rings. The van der Waals surface area contributed by atoms with Crippen molar-refractivity contribution in [1.82, 2.24) is 5.32 Å². The normalized spacial score (nSPS) is 11.5. The summed E-state index contributed by atoms with van der Waals surface area (Å²) in [6, 6.07) is 14.0. The number of methoxy groups -OCH3 is 1. The molecule has 0 saturated heterocycles. The summed E-state index contributed by atoms with van der Waals surface area (Å²) in [5.74, 6) is 0.301. The van der Waals surface area contributed by atoms with E-state index >= 15 is 0 Å². The Balaban J connectivity index is 2.02. The summed E-state index contributed by atoms with van der Waals surface area (Å²) in [7, 11) is 1.32. The van der Waals surface area contributed by atoms with Crippen molar-refractivity contribution in [2.45, 2.75) is 51.6 Å². The van der Waals surface area contributed by atoms with Gasteiger partial charge in [-0.15, -0.1) is 0 Å².